The highest BCUT2D eigenvalue weighted by molar-refractivity contribution is 6.70. The van der Waals surface area contributed by atoms with Crippen molar-refractivity contribution in [2.45, 2.75) is 46.5 Å². The standard InChI is InChI=1S/C9H22N2OSi2/c1-7-9(8(2)12)10-11(13(3)4)14(5)6/h13-14H,7H2,1-6H3. The summed E-state index contributed by atoms with van der Waals surface area (Å²) in [5, 5.41) is 4.52. The molecule has 0 saturated heterocycles. The second-order valence-corrected chi connectivity index (χ2v) is 10.1. The van der Waals surface area contributed by atoms with Crippen molar-refractivity contribution >= 4 is 29.4 Å². The van der Waals surface area contributed by atoms with Gasteiger partial charge in [-0.25, -0.2) is 0 Å². The molecule has 0 aromatic carbocycles. The third kappa shape index (κ3) is 4.19. The van der Waals surface area contributed by atoms with Gasteiger partial charge in [0.2, 0.25) is 0 Å². The molecule has 5 heteroatoms. The number of nitrogens with zero attached hydrogens (tertiary/aromatic N) is 2. The van der Waals surface area contributed by atoms with Crippen LogP contribution in [0.2, 0.25) is 26.2 Å². The normalized spacial score (nSPS) is 12.4. The SMILES string of the molecule is CCC(=NN([SiH](C)C)[SiH](C)C)C(C)=O. The lowest BCUT2D eigenvalue weighted by Gasteiger charge is -2.27. The van der Waals surface area contributed by atoms with Crippen LogP contribution in [0, 0.1) is 0 Å². The minimum Gasteiger partial charge on any atom is -0.355 e. The molecule has 0 bridgehead atoms. The molecule has 0 rings (SSSR count). The largest absolute Gasteiger partial charge is 0.355 e. The van der Waals surface area contributed by atoms with Gasteiger partial charge in [-0.3, -0.25) is 4.79 Å². The molecular formula is C9H22N2OSi2. The average Bonchev–Trinajstić information content (AvgIpc) is 2.03. The minimum atomic E-state index is -0.899. The average molecular weight is 230 g/mol. The molecule has 3 nitrogen and oxygen atoms in total. The zero-order chi connectivity index (χ0) is 11.3. The maximum absolute atomic E-state index is 11.2. The minimum absolute atomic E-state index is 0.113. The van der Waals surface area contributed by atoms with Crippen LogP contribution in [-0.4, -0.2) is 33.8 Å². The molecule has 0 spiro atoms. The van der Waals surface area contributed by atoms with E-state index >= 15 is 0 Å². The highest BCUT2D eigenvalue weighted by Crippen LogP contribution is 2.03. The van der Waals surface area contributed by atoms with E-state index in [1.54, 1.807) is 6.92 Å². The second-order valence-electron chi connectivity index (χ2n) is 4.02. The Morgan fingerprint density at radius 3 is 1.86 bits per heavy atom. The van der Waals surface area contributed by atoms with E-state index in [4.69, 9.17) is 0 Å². The number of carbonyl (C=O) groups excluding carboxylic acids is 1. The Balaban J connectivity index is 4.76. The quantitative estimate of drug-likeness (QED) is 0.408. The molecule has 0 saturated carbocycles. The first-order valence-electron chi connectivity index (χ1n) is 5.26. The Bertz CT molecular complexity index is 219. The maximum Gasteiger partial charge on any atom is 0.175 e. The van der Waals surface area contributed by atoms with Gasteiger partial charge in [0.25, 0.3) is 0 Å². The van der Waals surface area contributed by atoms with E-state index in [2.05, 4.69) is 35.6 Å². The fourth-order valence-electron chi connectivity index (χ4n) is 1.36. The van der Waals surface area contributed by atoms with Gasteiger partial charge in [0.1, 0.15) is 23.6 Å². The highest BCUT2D eigenvalue weighted by Gasteiger charge is 2.14. The molecular weight excluding hydrogens is 208 g/mol. The Morgan fingerprint density at radius 1 is 1.21 bits per heavy atom. The van der Waals surface area contributed by atoms with Gasteiger partial charge in [0.05, 0.1) is 0 Å². The van der Waals surface area contributed by atoms with Crippen LogP contribution in [0.4, 0.5) is 0 Å². The molecule has 0 atom stereocenters. The summed E-state index contributed by atoms with van der Waals surface area (Å²) in [5.74, 6) is 0.113. The Morgan fingerprint density at radius 2 is 1.64 bits per heavy atom. The van der Waals surface area contributed by atoms with Gasteiger partial charge in [-0.05, 0) is 6.42 Å². The van der Waals surface area contributed by atoms with Crippen molar-refractivity contribution < 1.29 is 4.79 Å². The van der Waals surface area contributed by atoms with Gasteiger partial charge < -0.3 is 4.34 Å². The van der Waals surface area contributed by atoms with Crippen molar-refractivity contribution in [1.82, 2.24) is 4.34 Å². The Labute approximate surface area is 90.6 Å². The van der Waals surface area contributed by atoms with E-state index in [0.717, 1.165) is 12.1 Å². The van der Waals surface area contributed by atoms with E-state index in [0.29, 0.717) is 0 Å². The van der Waals surface area contributed by atoms with Crippen LogP contribution in [-0.2, 0) is 4.79 Å². The van der Waals surface area contributed by atoms with Gasteiger partial charge in [-0.2, -0.15) is 5.10 Å². The van der Waals surface area contributed by atoms with Crippen molar-refractivity contribution in [3.63, 3.8) is 0 Å². The summed E-state index contributed by atoms with van der Waals surface area (Å²) in [4.78, 5) is 11.2. The molecule has 0 aromatic rings. The van der Waals surface area contributed by atoms with Crippen LogP contribution >= 0.6 is 0 Å². The van der Waals surface area contributed by atoms with Crippen LogP contribution < -0.4 is 0 Å². The number of hydrogen-bond donors (Lipinski definition) is 0. The number of hydrogen-bond acceptors (Lipinski definition) is 3. The maximum atomic E-state index is 11.2. The molecule has 0 unspecified atom stereocenters. The molecule has 14 heavy (non-hydrogen) atoms. The van der Waals surface area contributed by atoms with E-state index < -0.39 is 17.9 Å². The van der Waals surface area contributed by atoms with Gasteiger partial charge in [0.15, 0.2) is 5.78 Å². The summed E-state index contributed by atoms with van der Waals surface area (Å²) < 4.78 is 2.25. The van der Waals surface area contributed by atoms with Gasteiger partial charge >= 0.3 is 0 Å². The van der Waals surface area contributed by atoms with E-state index in [1.807, 2.05) is 6.92 Å². The van der Waals surface area contributed by atoms with E-state index in [9.17, 15) is 4.79 Å². The third-order valence-corrected chi connectivity index (χ3v) is 7.96. The van der Waals surface area contributed by atoms with Crippen LogP contribution in [0.15, 0.2) is 5.10 Å². The fourth-order valence-corrected chi connectivity index (χ4v) is 6.87. The fraction of sp³-hybridized carbons (Fsp3) is 0.778. The summed E-state index contributed by atoms with van der Waals surface area (Å²) in [6.45, 7) is 12.6. The van der Waals surface area contributed by atoms with Gasteiger partial charge in [-0.1, -0.05) is 33.1 Å². The Kier molecular flexibility index (Phi) is 5.94. The lowest BCUT2D eigenvalue weighted by molar-refractivity contribution is -0.111. The number of Topliss-reactive ketones (excluding diaryl/α,β-unsaturated/α-hetero) is 1. The molecule has 0 aliphatic carbocycles. The van der Waals surface area contributed by atoms with Gasteiger partial charge in [0, 0.05) is 6.92 Å². The molecule has 0 aliphatic rings. The van der Waals surface area contributed by atoms with E-state index in [-0.39, 0.29) is 5.78 Å². The highest BCUT2D eigenvalue weighted by atomic mass is 28.3. The topological polar surface area (TPSA) is 32.7 Å². The molecule has 0 fully saturated rings. The zero-order valence-corrected chi connectivity index (χ0v) is 12.5. The van der Waals surface area contributed by atoms with Crippen LogP contribution in [0.1, 0.15) is 20.3 Å². The summed E-state index contributed by atoms with van der Waals surface area (Å²) in [6.07, 6.45) is 0.744. The lowest BCUT2D eigenvalue weighted by atomic mass is 10.2. The summed E-state index contributed by atoms with van der Waals surface area (Å²) in [6, 6.07) is 0. The number of ketones is 1. The first-order chi connectivity index (χ1) is 6.40. The molecule has 0 radical (unpaired) electrons. The van der Waals surface area contributed by atoms with Crippen molar-refractivity contribution in [1.29, 1.82) is 0 Å². The third-order valence-electron chi connectivity index (χ3n) is 2.04. The zero-order valence-electron chi connectivity index (χ0n) is 10.2. The summed E-state index contributed by atoms with van der Waals surface area (Å²) in [7, 11) is -1.80. The molecule has 0 N–H and O–H groups in total. The molecule has 0 amide bonds. The summed E-state index contributed by atoms with van der Waals surface area (Å²) >= 11 is 0. The molecule has 82 valence electrons. The van der Waals surface area contributed by atoms with Gasteiger partial charge in [-0.15, -0.1) is 0 Å². The molecule has 0 aliphatic heterocycles. The smallest absolute Gasteiger partial charge is 0.175 e. The van der Waals surface area contributed by atoms with Crippen LogP contribution in [0.5, 0.6) is 0 Å². The number of rotatable bonds is 5. The second kappa shape index (κ2) is 6.13. The Hall–Kier alpha value is -0.426. The lowest BCUT2D eigenvalue weighted by Crippen LogP contribution is -2.40. The van der Waals surface area contributed by atoms with Crippen molar-refractivity contribution in [2.24, 2.45) is 5.10 Å². The number of carbonyl (C=O) groups is 1. The number of hydrazone groups is 1. The van der Waals surface area contributed by atoms with Crippen molar-refractivity contribution in [3.05, 3.63) is 0 Å². The first kappa shape index (κ1) is 13.6. The van der Waals surface area contributed by atoms with E-state index in [1.165, 1.54) is 0 Å². The molecule has 0 heterocycles. The first-order valence-corrected chi connectivity index (χ1v) is 10.9. The van der Waals surface area contributed by atoms with Crippen molar-refractivity contribution in [3.8, 4) is 0 Å². The van der Waals surface area contributed by atoms with Crippen molar-refractivity contribution in [2.75, 3.05) is 0 Å². The predicted molar refractivity (Wildman–Crippen MR) is 68.0 cm³/mol. The summed E-state index contributed by atoms with van der Waals surface area (Å²) in [5.41, 5.74) is 0.729. The monoisotopic (exact) mass is 230 g/mol. The molecule has 0 aromatic heterocycles. The van der Waals surface area contributed by atoms with Crippen LogP contribution in [0.3, 0.4) is 0 Å². The van der Waals surface area contributed by atoms with Crippen LogP contribution in [0.25, 0.3) is 0 Å². The predicted octanol–water partition coefficient (Wildman–Crippen LogP) is 1.61.